The summed E-state index contributed by atoms with van der Waals surface area (Å²) in [5.74, 6) is -0.658. The van der Waals surface area contributed by atoms with Crippen LogP contribution in [0.15, 0.2) is 91.1 Å². The molecule has 1 fully saturated rings. The van der Waals surface area contributed by atoms with E-state index in [9.17, 15) is 14.4 Å². The van der Waals surface area contributed by atoms with Crippen molar-refractivity contribution < 1.29 is 19.1 Å². The molecular weight excluding hydrogens is 404 g/mol. The van der Waals surface area contributed by atoms with Crippen molar-refractivity contribution in [2.24, 2.45) is 0 Å². The molecule has 1 unspecified atom stereocenters. The first-order valence-corrected chi connectivity index (χ1v) is 10.3. The molecule has 0 N–H and O–H groups in total. The number of carbonyl (C=O) groups is 3. The molecule has 3 amide bonds. The Hall–Kier alpha value is -4.19. The molecule has 2 heterocycles. The highest BCUT2D eigenvalue weighted by Gasteiger charge is 2.64. The van der Waals surface area contributed by atoms with Crippen LogP contribution in [0.1, 0.15) is 23.1 Å². The van der Waals surface area contributed by atoms with Gasteiger partial charge in [0.2, 0.25) is 5.91 Å². The number of likely N-dealkylation sites (tertiary alicyclic amines) is 1. The van der Waals surface area contributed by atoms with Gasteiger partial charge in [0.25, 0.3) is 5.91 Å². The maximum Gasteiger partial charge on any atom is 0.421 e. The number of anilines is 1. The highest BCUT2D eigenvalue weighted by atomic mass is 16.6. The predicted molar refractivity (Wildman–Crippen MR) is 119 cm³/mol. The van der Waals surface area contributed by atoms with Gasteiger partial charge in [-0.25, -0.2) is 9.69 Å². The fourth-order valence-electron chi connectivity index (χ4n) is 4.24. The van der Waals surface area contributed by atoms with E-state index in [1.54, 1.807) is 36.5 Å². The second-order valence-electron chi connectivity index (χ2n) is 7.73. The van der Waals surface area contributed by atoms with Crippen LogP contribution < -0.4 is 4.90 Å². The summed E-state index contributed by atoms with van der Waals surface area (Å²) in [6, 6.07) is 25.8. The summed E-state index contributed by atoms with van der Waals surface area (Å²) in [7, 11) is 0. The molecule has 1 spiro atoms. The van der Waals surface area contributed by atoms with E-state index in [1.165, 1.54) is 4.90 Å². The van der Waals surface area contributed by atoms with E-state index in [2.05, 4.69) is 0 Å². The number of rotatable bonds is 4. The topological polar surface area (TPSA) is 66.9 Å². The van der Waals surface area contributed by atoms with Crippen LogP contribution in [-0.2, 0) is 26.5 Å². The number of imide groups is 1. The lowest BCUT2D eigenvalue weighted by Crippen LogP contribution is -2.63. The van der Waals surface area contributed by atoms with E-state index in [-0.39, 0.29) is 18.9 Å². The van der Waals surface area contributed by atoms with Gasteiger partial charge in [-0.15, -0.1) is 0 Å². The van der Waals surface area contributed by atoms with Crippen LogP contribution in [0.4, 0.5) is 10.5 Å². The Kier molecular flexibility index (Phi) is 4.82. The lowest BCUT2D eigenvalue weighted by Gasteiger charge is -2.46. The minimum atomic E-state index is -1.23. The largest absolute Gasteiger partial charge is 0.444 e. The summed E-state index contributed by atoms with van der Waals surface area (Å²) in [6.45, 7) is 0.0508. The van der Waals surface area contributed by atoms with Crippen molar-refractivity contribution in [1.29, 1.82) is 0 Å². The first kappa shape index (κ1) is 19.8. The van der Waals surface area contributed by atoms with Crippen molar-refractivity contribution in [3.05, 3.63) is 108 Å². The summed E-state index contributed by atoms with van der Waals surface area (Å²) in [6.07, 6.45) is 2.65. The van der Waals surface area contributed by atoms with Crippen LogP contribution in [0.25, 0.3) is 6.08 Å². The van der Waals surface area contributed by atoms with E-state index < -0.39 is 17.5 Å². The predicted octanol–water partition coefficient (Wildman–Crippen LogP) is 4.47. The molecule has 158 valence electrons. The first-order chi connectivity index (χ1) is 15.6. The Morgan fingerprint density at radius 1 is 0.906 bits per heavy atom. The summed E-state index contributed by atoms with van der Waals surface area (Å²) in [5, 5.41) is 0. The first-order valence-electron chi connectivity index (χ1n) is 10.3. The second kappa shape index (κ2) is 7.81. The van der Waals surface area contributed by atoms with Crippen LogP contribution in [0.3, 0.4) is 0 Å². The number of nitrogens with zero attached hydrogens (tertiary/aromatic N) is 2. The Morgan fingerprint density at radius 3 is 2.28 bits per heavy atom. The molecular formula is C26H20N2O4. The molecule has 0 aliphatic carbocycles. The van der Waals surface area contributed by atoms with Crippen LogP contribution in [0.2, 0.25) is 0 Å². The summed E-state index contributed by atoms with van der Waals surface area (Å²) in [4.78, 5) is 41.5. The van der Waals surface area contributed by atoms with E-state index in [1.807, 2.05) is 60.7 Å². The third-order valence-electron chi connectivity index (χ3n) is 5.84. The number of hydrogen-bond acceptors (Lipinski definition) is 4. The zero-order chi connectivity index (χ0) is 22.1. The van der Waals surface area contributed by atoms with Crippen molar-refractivity contribution in [3.63, 3.8) is 0 Å². The van der Waals surface area contributed by atoms with E-state index in [0.29, 0.717) is 11.3 Å². The van der Waals surface area contributed by atoms with Gasteiger partial charge in [0.1, 0.15) is 6.61 Å². The molecule has 1 atom stereocenters. The number of ether oxygens (including phenoxy) is 1. The van der Waals surface area contributed by atoms with Gasteiger partial charge >= 0.3 is 6.09 Å². The van der Waals surface area contributed by atoms with Gasteiger partial charge < -0.3 is 4.74 Å². The number of carbonyl (C=O) groups excluding carboxylic acids is 3. The second-order valence-corrected chi connectivity index (χ2v) is 7.73. The molecule has 1 saturated heterocycles. The number of benzene rings is 3. The lowest BCUT2D eigenvalue weighted by atomic mass is 9.79. The minimum absolute atomic E-state index is 0.00441. The van der Waals surface area contributed by atoms with Gasteiger partial charge in [0, 0.05) is 11.8 Å². The Balaban J connectivity index is 1.45. The molecule has 32 heavy (non-hydrogen) atoms. The van der Waals surface area contributed by atoms with Gasteiger partial charge in [-0.3, -0.25) is 14.5 Å². The molecule has 3 aromatic carbocycles. The maximum absolute atomic E-state index is 13.6. The molecule has 2 aliphatic rings. The van der Waals surface area contributed by atoms with Gasteiger partial charge in [-0.1, -0.05) is 78.9 Å². The lowest BCUT2D eigenvalue weighted by molar-refractivity contribution is -0.159. The maximum atomic E-state index is 13.6. The molecule has 3 aromatic rings. The van der Waals surface area contributed by atoms with E-state index >= 15 is 0 Å². The SMILES string of the molecule is O=C(OCc1ccccc1)N1C(=O)C2(CC(=O)N2/C=C/c2ccccc2)c2ccccc21. The molecule has 6 heteroatoms. The number of para-hydroxylation sites is 1. The molecule has 2 aliphatic heterocycles. The third kappa shape index (κ3) is 3.08. The Bertz CT molecular complexity index is 1220. The number of hydrogen-bond donors (Lipinski definition) is 0. The summed E-state index contributed by atoms with van der Waals surface area (Å²) >= 11 is 0. The van der Waals surface area contributed by atoms with Crippen molar-refractivity contribution >= 4 is 29.7 Å². The monoisotopic (exact) mass is 424 g/mol. The van der Waals surface area contributed by atoms with Crippen LogP contribution in [0, 0.1) is 0 Å². The Labute approximate surface area is 185 Å². The quantitative estimate of drug-likeness (QED) is 0.580. The van der Waals surface area contributed by atoms with Gasteiger partial charge in [-0.2, -0.15) is 0 Å². The van der Waals surface area contributed by atoms with Crippen molar-refractivity contribution in [2.45, 2.75) is 18.6 Å². The average molecular weight is 424 g/mol. The molecule has 0 aromatic heterocycles. The third-order valence-corrected chi connectivity index (χ3v) is 5.84. The molecule has 6 nitrogen and oxygen atoms in total. The highest BCUT2D eigenvalue weighted by molar-refractivity contribution is 6.24. The van der Waals surface area contributed by atoms with Crippen LogP contribution in [0.5, 0.6) is 0 Å². The summed E-state index contributed by atoms with van der Waals surface area (Å²) in [5.41, 5.74) is 1.56. The zero-order valence-electron chi connectivity index (χ0n) is 17.2. The smallest absolute Gasteiger partial charge is 0.421 e. The Morgan fingerprint density at radius 2 is 1.56 bits per heavy atom. The minimum Gasteiger partial charge on any atom is -0.444 e. The van der Waals surface area contributed by atoms with Crippen molar-refractivity contribution in [2.75, 3.05) is 4.90 Å². The molecule has 0 radical (unpaired) electrons. The number of fused-ring (bicyclic) bond motifs is 2. The zero-order valence-corrected chi connectivity index (χ0v) is 17.2. The molecule has 0 bridgehead atoms. The number of β-lactam (4-membered cyclic amide) rings is 1. The van der Waals surface area contributed by atoms with Crippen molar-refractivity contribution in [3.8, 4) is 0 Å². The van der Waals surface area contributed by atoms with Gasteiger partial charge in [0.15, 0.2) is 5.54 Å². The summed E-state index contributed by atoms with van der Waals surface area (Å²) < 4.78 is 5.44. The average Bonchev–Trinajstić information content (AvgIpc) is 3.08. The number of amides is 3. The normalized spacial score (nSPS) is 19.4. The highest BCUT2D eigenvalue weighted by Crippen LogP contribution is 2.52. The van der Waals surface area contributed by atoms with Gasteiger partial charge in [0.05, 0.1) is 12.1 Å². The van der Waals surface area contributed by atoms with E-state index in [4.69, 9.17) is 4.74 Å². The van der Waals surface area contributed by atoms with Gasteiger partial charge in [-0.05, 0) is 23.3 Å². The molecule has 0 saturated carbocycles. The van der Waals surface area contributed by atoms with Crippen molar-refractivity contribution in [1.82, 2.24) is 4.90 Å². The fourth-order valence-corrected chi connectivity index (χ4v) is 4.24. The fraction of sp³-hybridized carbons (Fsp3) is 0.115. The standard InChI is InChI=1S/C26H20N2O4/c29-23-17-26(27(23)16-15-19-9-3-1-4-10-19)21-13-7-8-14-22(21)28(24(26)30)25(31)32-18-20-11-5-2-6-12-20/h1-16H,17-18H2/b16-15+. The van der Waals surface area contributed by atoms with E-state index in [0.717, 1.165) is 16.0 Å². The van der Waals surface area contributed by atoms with Crippen LogP contribution in [-0.4, -0.2) is 22.8 Å². The molecule has 5 rings (SSSR count). The van der Waals surface area contributed by atoms with Crippen LogP contribution >= 0.6 is 0 Å².